The van der Waals surface area contributed by atoms with Gasteiger partial charge in [-0.1, -0.05) is 0 Å². The standard InChI is InChI=1S/C14H12N4/c15-10-1-2-12-13(5-8-17-14(12)9-10)18-11-3-6-16-7-4-11/h1-9H,15H2,(H,16,17,18). The molecule has 2 aromatic heterocycles. The first kappa shape index (κ1) is 10.5. The quantitative estimate of drug-likeness (QED) is 0.671. The summed E-state index contributed by atoms with van der Waals surface area (Å²) in [5.74, 6) is 0. The van der Waals surface area contributed by atoms with Gasteiger partial charge in [0.15, 0.2) is 0 Å². The molecular weight excluding hydrogens is 224 g/mol. The van der Waals surface area contributed by atoms with Crippen molar-refractivity contribution in [3.63, 3.8) is 0 Å². The predicted octanol–water partition coefficient (Wildman–Crippen LogP) is 2.96. The summed E-state index contributed by atoms with van der Waals surface area (Å²) in [6, 6.07) is 11.5. The van der Waals surface area contributed by atoms with Crippen molar-refractivity contribution in [3.05, 3.63) is 55.0 Å². The fraction of sp³-hybridized carbons (Fsp3) is 0. The molecule has 0 aliphatic rings. The number of fused-ring (bicyclic) bond motifs is 1. The highest BCUT2D eigenvalue weighted by atomic mass is 14.9. The number of nitrogen functional groups attached to an aromatic ring is 1. The van der Waals surface area contributed by atoms with E-state index < -0.39 is 0 Å². The molecule has 3 rings (SSSR count). The second kappa shape index (κ2) is 4.33. The molecule has 0 amide bonds. The van der Waals surface area contributed by atoms with E-state index in [-0.39, 0.29) is 0 Å². The molecule has 0 saturated carbocycles. The summed E-state index contributed by atoms with van der Waals surface area (Å²) in [5.41, 5.74) is 9.36. The lowest BCUT2D eigenvalue weighted by Gasteiger charge is -2.09. The Hall–Kier alpha value is -2.62. The Labute approximate surface area is 104 Å². The number of rotatable bonds is 2. The third-order valence-electron chi connectivity index (χ3n) is 2.73. The summed E-state index contributed by atoms with van der Waals surface area (Å²) in [5, 5.41) is 4.39. The molecule has 0 bridgehead atoms. The maximum atomic E-state index is 5.76. The van der Waals surface area contributed by atoms with Crippen molar-refractivity contribution in [2.75, 3.05) is 11.1 Å². The number of aromatic nitrogens is 2. The highest BCUT2D eigenvalue weighted by Crippen LogP contribution is 2.25. The summed E-state index contributed by atoms with van der Waals surface area (Å²) in [7, 11) is 0. The van der Waals surface area contributed by atoms with Gasteiger partial charge in [-0.25, -0.2) is 0 Å². The number of pyridine rings is 2. The monoisotopic (exact) mass is 236 g/mol. The molecule has 0 spiro atoms. The summed E-state index contributed by atoms with van der Waals surface area (Å²) in [6.07, 6.45) is 5.28. The second-order valence-corrected chi connectivity index (χ2v) is 4.00. The number of hydrogen-bond donors (Lipinski definition) is 2. The van der Waals surface area contributed by atoms with Crippen LogP contribution in [-0.2, 0) is 0 Å². The van der Waals surface area contributed by atoms with Gasteiger partial charge in [-0.2, -0.15) is 0 Å². The molecule has 4 nitrogen and oxygen atoms in total. The SMILES string of the molecule is Nc1ccc2c(Nc3ccncc3)ccnc2c1. The largest absolute Gasteiger partial charge is 0.399 e. The van der Waals surface area contributed by atoms with Crippen molar-refractivity contribution in [2.24, 2.45) is 0 Å². The van der Waals surface area contributed by atoms with E-state index >= 15 is 0 Å². The topological polar surface area (TPSA) is 63.8 Å². The first-order valence-corrected chi connectivity index (χ1v) is 5.64. The van der Waals surface area contributed by atoms with E-state index in [1.165, 1.54) is 0 Å². The van der Waals surface area contributed by atoms with E-state index in [2.05, 4.69) is 15.3 Å². The average Bonchev–Trinajstić information content (AvgIpc) is 2.40. The Morgan fingerprint density at radius 3 is 2.61 bits per heavy atom. The van der Waals surface area contributed by atoms with Crippen molar-refractivity contribution in [2.45, 2.75) is 0 Å². The number of nitrogens with one attached hydrogen (secondary N) is 1. The maximum absolute atomic E-state index is 5.76. The minimum atomic E-state index is 0.719. The van der Waals surface area contributed by atoms with Crippen LogP contribution in [0.15, 0.2) is 55.0 Å². The molecule has 0 saturated heterocycles. The fourth-order valence-electron chi connectivity index (χ4n) is 1.86. The van der Waals surface area contributed by atoms with Crippen molar-refractivity contribution in [3.8, 4) is 0 Å². The van der Waals surface area contributed by atoms with Gasteiger partial charge >= 0.3 is 0 Å². The van der Waals surface area contributed by atoms with Crippen LogP contribution in [-0.4, -0.2) is 9.97 Å². The minimum absolute atomic E-state index is 0.719. The molecule has 88 valence electrons. The molecule has 2 heterocycles. The first-order chi connectivity index (χ1) is 8.83. The Kier molecular flexibility index (Phi) is 2.53. The summed E-state index contributed by atoms with van der Waals surface area (Å²) < 4.78 is 0. The van der Waals surface area contributed by atoms with Gasteiger partial charge in [-0.05, 0) is 36.4 Å². The molecule has 0 aliphatic heterocycles. The van der Waals surface area contributed by atoms with Crippen LogP contribution >= 0.6 is 0 Å². The van der Waals surface area contributed by atoms with Crippen molar-refractivity contribution < 1.29 is 0 Å². The molecule has 0 unspecified atom stereocenters. The number of hydrogen-bond acceptors (Lipinski definition) is 4. The van der Waals surface area contributed by atoms with Gasteiger partial charge in [-0.15, -0.1) is 0 Å². The van der Waals surface area contributed by atoms with Crippen LogP contribution in [0.25, 0.3) is 10.9 Å². The smallest absolute Gasteiger partial charge is 0.0743 e. The van der Waals surface area contributed by atoms with Gasteiger partial charge in [-0.3, -0.25) is 9.97 Å². The predicted molar refractivity (Wildman–Crippen MR) is 73.7 cm³/mol. The van der Waals surface area contributed by atoms with E-state index in [1.54, 1.807) is 18.6 Å². The second-order valence-electron chi connectivity index (χ2n) is 4.00. The van der Waals surface area contributed by atoms with Crippen LogP contribution in [0.2, 0.25) is 0 Å². The fourth-order valence-corrected chi connectivity index (χ4v) is 1.86. The molecule has 3 aromatic rings. The summed E-state index contributed by atoms with van der Waals surface area (Å²) in [4.78, 5) is 8.30. The van der Waals surface area contributed by atoms with Gasteiger partial charge in [0.25, 0.3) is 0 Å². The Morgan fingerprint density at radius 2 is 1.78 bits per heavy atom. The highest BCUT2D eigenvalue weighted by Gasteiger charge is 2.02. The van der Waals surface area contributed by atoms with Crippen LogP contribution in [0.4, 0.5) is 17.1 Å². The van der Waals surface area contributed by atoms with Crippen LogP contribution in [0, 0.1) is 0 Å². The first-order valence-electron chi connectivity index (χ1n) is 5.64. The van der Waals surface area contributed by atoms with Gasteiger partial charge in [0.1, 0.15) is 0 Å². The van der Waals surface area contributed by atoms with E-state index in [1.807, 2.05) is 36.4 Å². The minimum Gasteiger partial charge on any atom is -0.399 e. The van der Waals surface area contributed by atoms with Crippen LogP contribution in [0.3, 0.4) is 0 Å². The molecule has 3 N–H and O–H groups in total. The Morgan fingerprint density at radius 1 is 0.944 bits per heavy atom. The Balaban J connectivity index is 2.07. The Bertz CT molecular complexity index is 680. The highest BCUT2D eigenvalue weighted by molar-refractivity contribution is 5.94. The van der Waals surface area contributed by atoms with E-state index in [0.717, 1.165) is 28.0 Å². The zero-order valence-electron chi connectivity index (χ0n) is 9.67. The van der Waals surface area contributed by atoms with Gasteiger partial charge < -0.3 is 11.1 Å². The normalized spacial score (nSPS) is 10.4. The molecule has 0 fully saturated rings. The van der Waals surface area contributed by atoms with Gasteiger partial charge in [0.2, 0.25) is 0 Å². The summed E-state index contributed by atoms with van der Waals surface area (Å²) >= 11 is 0. The van der Waals surface area contributed by atoms with Crippen LogP contribution < -0.4 is 11.1 Å². The third-order valence-corrected chi connectivity index (χ3v) is 2.73. The lowest BCUT2D eigenvalue weighted by atomic mass is 10.1. The van der Waals surface area contributed by atoms with E-state index in [9.17, 15) is 0 Å². The van der Waals surface area contributed by atoms with E-state index in [4.69, 9.17) is 5.73 Å². The van der Waals surface area contributed by atoms with Gasteiger partial charge in [0.05, 0.1) is 5.52 Å². The van der Waals surface area contributed by atoms with Crippen molar-refractivity contribution >= 4 is 28.0 Å². The van der Waals surface area contributed by atoms with Crippen LogP contribution in [0.5, 0.6) is 0 Å². The molecule has 0 atom stereocenters. The third kappa shape index (κ3) is 1.96. The lowest BCUT2D eigenvalue weighted by Crippen LogP contribution is -1.93. The number of nitrogens with two attached hydrogens (primary N) is 1. The van der Waals surface area contributed by atoms with Crippen LogP contribution in [0.1, 0.15) is 0 Å². The molecular formula is C14H12N4. The van der Waals surface area contributed by atoms with E-state index in [0.29, 0.717) is 0 Å². The zero-order valence-corrected chi connectivity index (χ0v) is 9.67. The maximum Gasteiger partial charge on any atom is 0.0743 e. The number of nitrogens with zero attached hydrogens (tertiary/aromatic N) is 2. The lowest BCUT2D eigenvalue weighted by molar-refractivity contribution is 1.32. The number of anilines is 3. The molecule has 0 aliphatic carbocycles. The molecule has 18 heavy (non-hydrogen) atoms. The zero-order chi connectivity index (χ0) is 12.4. The van der Waals surface area contributed by atoms with Crippen molar-refractivity contribution in [1.29, 1.82) is 0 Å². The average molecular weight is 236 g/mol. The molecule has 1 aromatic carbocycles. The molecule has 4 heteroatoms. The molecule has 0 radical (unpaired) electrons. The van der Waals surface area contributed by atoms with Crippen molar-refractivity contribution in [1.82, 2.24) is 9.97 Å². The van der Waals surface area contributed by atoms with Gasteiger partial charge in [0, 0.05) is 41.0 Å². The summed E-state index contributed by atoms with van der Waals surface area (Å²) in [6.45, 7) is 0. The number of benzene rings is 1.